The van der Waals surface area contributed by atoms with Crippen molar-refractivity contribution in [3.05, 3.63) is 41.0 Å². The molecule has 0 aromatic heterocycles. The Morgan fingerprint density at radius 2 is 1.75 bits per heavy atom. The third kappa shape index (κ3) is 2.32. The van der Waals surface area contributed by atoms with Gasteiger partial charge in [-0.2, -0.15) is 0 Å². The molecule has 0 spiro atoms. The molecule has 1 aromatic carbocycles. The van der Waals surface area contributed by atoms with Gasteiger partial charge in [0.05, 0.1) is 0 Å². The zero-order valence-corrected chi connectivity index (χ0v) is 8.09. The quantitative estimate of drug-likeness (QED) is 0.487. The molecule has 0 atom stereocenters. The molecule has 0 unspecified atom stereocenters. The Morgan fingerprint density at radius 1 is 1.08 bits per heavy atom. The van der Waals surface area contributed by atoms with Gasteiger partial charge in [0, 0.05) is 37.7 Å². The molecule has 12 heavy (non-hydrogen) atoms. The van der Waals surface area contributed by atoms with Gasteiger partial charge >= 0.3 is 0 Å². The van der Waals surface area contributed by atoms with Crippen molar-refractivity contribution in [3.63, 3.8) is 0 Å². The molecule has 1 aromatic rings. The Hall–Kier alpha value is 0.155. The van der Waals surface area contributed by atoms with E-state index in [0.29, 0.717) is 0 Å². The fourth-order valence-electron chi connectivity index (χ4n) is 1.45. The first kappa shape index (κ1) is 12.2. The van der Waals surface area contributed by atoms with Crippen molar-refractivity contribution in [3.8, 4) is 0 Å². The zero-order chi connectivity index (χ0) is 6.97. The van der Waals surface area contributed by atoms with E-state index in [1.54, 1.807) is 0 Å². The summed E-state index contributed by atoms with van der Waals surface area (Å²) in [7, 11) is 0. The number of hydrogen-bond acceptors (Lipinski definition) is 0. The number of rotatable bonds is 0. The molecule has 0 amide bonds. The Bertz CT molecular complexity index is 290. The summed E-state index contributed by atoms with van der Waals surface area (Å²) < 4.78 is 0. The standard InChI is InChI=1S/C10H10.2Li/c1-8-6-9-4-2-3-5-10(9)7-8;;/h2-6H,7H2,1H3;;. The van der Waals surface area contributed by atoms with Gasteiger partial charge in [-0.05, 0) is 24.5 Å². The molecular weight excluding hydrogens is 134 g/mol. The molecule has 0 bridgehead atoms. The summed E-state index contributed by atoms with van der Waals surface area (Å²) in [5, 5.41) is 0. The Labute approximate surface area is 97.8 Å². The molecule has 1 aliphatic rings. The number of fused-ring (bicyclic) bond motifs is 1. The number of allylic oxidation sites excluding steroid dienone is 1. The number of benzene rings is 1. The van der Waals surface area contributed by atoms with Crippen LogP contribution >= 0.6 is 0 Å². The summed E-state index contributed by atoms with van der Waals surface area (Å²) in [6, 6.07) is 8.56. The van der Waals surface area contributed by atoms with Gasteiger partial charge < -0.3 is 0 Å². The van der Waals surface area contributed by atoms with E-state index in [0.717, 1.165) is 6.42 Å². The van der Waals surface area contributed by atoms with E-state index in [1.165, 1.54) is 16.7 Å². The Morgan fingerprint density at radius 3 is 2.42 bits per heavy atom. The summed E-state index contributed by atoms with van der Waals surface area (Å²) in [5.41, 5.74) is 4.35. The fourth-order valence-corrected chi connectivity index (χ4v) is 1.45. The third-order valence-corrected chi connectivity index (χ3v) is 1.93. The molecule has 0 aliphatic heterocycles. The van der Waals surface area contributed by atoms with Crippen molar-refractivity contribution < 1.29 is 0 Å². The molecule has 0 nitrogen and oxygen atoms in total. The van der Waals surface area contributed by atoms with Gasteiger partial charge in [-0.1, -0.05) is 35.9 Å². The van der Waals surface area contributed by atoms with Gasteiger partial charge in [0.1, 0.15) is 0 Å². The van der Waals surface area contributed by atoms with E-state index in [4.69, 9.17) is 0 Å². The van der Waals surface area contributed by atoms with Crippen LogP contribution in [0, 0.1) is 0 Å². The van der Waals surface area contributed by atoms with Gasteiger partial charge in [-0.3, -0.25) is 0 Å². The van der Waals surface area contributed by atoms with E-state index < -0.39 is 0 Å². The molecule has 0 N–H and O–H groups in total. The van der Waals surface area contributed by atoms with Crippen molar-refractivity contribution in [1.82, 2.24) is 0 Å². The summed E-state index contributed by atoms with van der Waals surface area (Å²) in [6.07, 6.45) is 3.41. The smallest absolute Gasteiger partial charge is 0 e. The first-order valence-electron chi connectivity index (χ1n) is 3.61. The Balaban J connectivity index is 0.000000605. The average Bonchev–Trinajstić information content (AvgIpc) is 2.27. The second-order valence-electron chi connectivity index (χ2n) is 2.87. The van der Waals surface area contributed by atoms with Crippen molar-refractivity contribution in [2.24, 2.45) is 0 Å². The molecule has 1 aliphatic carbocycles. The van der Waals surface area contributed by atoms with Gasteiger partial charge in [0.25, 0.3) is 0 Å². The molecule has 2 rings (SSSR count). The van der Waals surface area contributed by atoms with Crippen LogP contribution in [0.3, 0.4) is 0 Å². The minimum atomic E-state index is 0. The van der Waals surface area contributed by atoms with Crippen LogP contribution in [0.15, 0.2) is 29.8 Å². The SMILES string of the molecule is CC1=Cc2ccccc2C1.[Li].[Li]. The maximum atomic E-state index is 2.26. The predicted molar refractivity (Wildman–Crippen MR) is 55.3 cm³/mol. The van der Waals surface area contributed by atoms with Crippen LogP contribution in [0.4, 0.5) is 0 Å². The monoisotopic (exact) mass is 144 g/mol. The molecule has 2 radical (unpaired) electrons. The van der Waals surface area contributed by atoms with E-state index in [-0.39, 0.29) is 37.7 Å². The van der Waals surface area contributed by atoms with E-state index in [2.05, 4.69) is 37.3 Å². The first-order valence-corrected chi connectivity index (χ1v) is 3.61. The van der Waals surface area contributed by atoms with Gasteiger partial charge in [0.2, 0.25) is 0 Å². The second-order valence-corrected chi connectivity index (χ2v) is 2.87. The summed E-state index contributed by atoms with van der Waals surface area (Å²) >= 11 is 0. The summed E-state index contributed by atoms with van der Waals surface area (Å²) in [6.45, 7) is 2.18. The molecule has 52 valence electrons. The van der Waals surface area contributed by atoms with Gasteiger partial charge in [-0.15, -0.1) is 0 Å². The van der Waals surface area contributed by atoms with Crippen molar-refractivity contribution in [1.29, 1.82) is 0 Å². The normalized spacial score (nSPS) is 12.2. The van der Waals surface area contributed by atoms with Gasteiger partial charge in [0.15, 0.2) is 0 Å². The van der Waals surface area contributed by atoms with Crippen LogP contribution in [-0.2, 0) is 6.42 Å². The summed E-state index contributed by atoms with van der Waals surface area (Å²) in [5.74, 6) is 0. The van der Waals surface area contributed by atoms with Crippen LogP contribution in [0.1, 0.15) is 18.1 Å². The van der Waals surface area contributed by atoms with Crippen LogP contribution in [0.25, 0.3) is 6.08 Å². The predicted octanol–water partition coefficient (Wildman–Crippen LogP) is 1.88. The van der Waals surface area contributed by atoms with E-state index in [9.17, 15) is 0 Å². The first-order chi connectivity index (χ1) is 4.86. The van der Waals surface area contributed by atoms with Crippen molar-refractivity contribution in [2.75, 3.05) is 0 Å². The van der Waals surface area contributed by atoms with Crippen LogP contribution in [0.5, 0.6) is 0 Å². The zero-order valence-electron chi connectivity index (χ0n) is 8.09. The molecule has 0 saturated carbocycles. The molecular formula is C10H10Li2. The molecule has 0 fully saturated rings. The minimum Gasteiger partial charge on any atom is -0.0683 e. The van der Waals surface area contributed by atoms with Gasteiger partial charge in [-0.25, -0.2) is 0 Å². The topological polar surface area (TPSA) is 0 Å². The molecule has 0 heterocycles. The van der Waals surface area contributed by atoms with Crippen LogP contribution in [0.2, 0.25) is 0 Å². The average molecular weight is 144 g/mol. The van der Waals surface area contributed by atoms with Crippen molar-refractivity contribution in [2.45, 2.75) is 13.3 Å². The van der Waals surface area contributed by atoms with E-state index in [1.807, 2.05) is 0 Å². The fraction of sp³-hybridized carbons (Fsp3) is 0.200. The second kappa shape index (κ2) is 5.01. The maximum absolute atomic E-state index is 2.26. The molecule has 0 saturated heterocycles. The third-order valence-electron chi connectivity index (χ3n) is 1.93. The van der Waals surface area contributed by atoms with Crippen LogP contribution in [-0.4, -0.2) is 37.7 Å². The maximum Gasteiger partial charge on any atom is 0 e. The summed E-state index contributed by atoms with van der Waals surface area (Å²) in [4.78, 5) is 0. The molecule has 2 heteroatoms. The minimum absolute atomic E-state index is 0. The Kier molecular flexibility index (Phi) is 5.07. The largest absolute Gasteiger partial charge is 0.0683 e. The van der Waals surface area contributed by atoms with Crippen molar-refractivity contribution >= 4 is 43.8 Å². The number of hydrogen-bond donors (Lipinski definition) is 0. The van der Waals surface area contributed by atoms with Crippen LogP contribution < -0.4 is 0 Å². The van der Waals surface area contributed by atoms with E-state index >= 15 is 0 Å².